The zero-order valence-corrected chi connectivity index (χ0v) is 7.52. The van der Waals surface area contributed by atoms with Gasteiger partial charge in [-0.15, -0.1) is 0 Å². The van der Waals surface area contributed by atoms with E-state index < -0.39 is 0 Å². The monoisotopic (exact) mass is 148 g/mol. The molecule has 0 atom stereocenters. The Kier molecular flexibility index (Phi) is 1.90. The van der Waals surface area contributed by atoms with Crippen LogP contribution in [0.5, 0.6) is 0 Å². The zero-order valence-electron chi connectivity index (χ0n) is 6.52. The van der Waals surface area contributed by atoms with Crippen molar-refractivity contribution >= 4 is 15.4 Å². The first-order chi connectivity index (χ1) is 4.61. The van der Waals surface area contributed by atoms with Gasteiger partial charge < -0.3 is 0 Å². The molecule has 1 aromatic rings. The van der Waals surface area contributed by atoms with Crippen LogP contribution in [0.2, 0.25) is 0 Å². The minimum atomic E-state index is 1.06. The predicted octanol–water partition coefficient (Wildman–Crippen LogP) is 0.801. The van der Waals surface area contributed by atoms with Gasteiger partial charge in [0, 0.05) is 11.4 Å². The van der Waals surface area contributed by atoms with Crippen molar-refractivity contribution in [2.75, 3.05) is 0 Å². The molecule has 0 aliphatic heterocycles. The Morgan fingerprint density at radius 1 is 1.30 bits per heavy atom. The zero-order chi connectivity index (χ0) is 7.72. The highest BCUT2D eigenvalue weighted by Crippen LogP contribution is 1.98. The summed E-state index contributed by atoms with van der Waals surface area (Å²) in [5, 5.41) is 1.12. The third-order valence-electron chi connectivity index (χ3n) is 1.53. The van der Waals surface area contributed by atoms with Crippen LogP contribution >= 0.6 is 0 Å². The van der Waals surface area contributed by atoms with Gasteiger partial charge >= 0.3 is 0 Å². The van der Waals surface area contributed by atoms with Crippen molar-refractivity contribution in [3.63, 3.8) is 0 Å². The highest BCUT2D eigenvalue weighted by Gasteiger charge is 1.97. The molecule has 0 spiro atoms. The Balaban J connectivity index is 3.31. The summed E-state index contributed by atoms with van der Waals surface area (Å²) in [6, 6.07) is 2.06. The fourth-order valence-electron chi connectivity index (χ4n) is 1.02. The summed E-state index contributed by atoms with van der Waals surface area (Å²) in [7, 11) is 3.50. The van der Waals surface area contributed by atoms with Crippen LogP contribution < -0.4 is 5.19 Å². The molecule has 0 unspecified atom stereocenters. The maximum Gasteiger partial charge on any atom is 0.0741 e. The number of aromatic nitrogens is 1. The van der Waals surface area contributed by atoms with Crippen LogP contribution in [0.1, 0.15) is 17.0 Å². The van der Waals surface area contributed by atoms with Gasteiger partial charge in [0.15, 0.2) is 0 Å². The van der Waals surface area contributed by atoms with Crippen LogP contribution in [0.25, 0.3) is 0 Å². The topological polar surface area (TPSA) is 12.9 Å². The molecule has 0 N–H and O–H groups in total. The van der Waals surface area contributed by atoms with E-state index in [1.165, 1.54) is 5.56 Å². The van der Waals surface area contributed by atoms with E-state index in [1.807, 2.05) is 13.8 Å². The average Bonchev–Trinajstić information content (AvgIpc) is 1.82. The van der Waals surface area contributed by atoms with Gasteiger partial charge in [0.1, 0.15) is 0 Å². The maximum atomic E-state index is 4.29. The molecule has 1 aromatic heterocycles. The Bertz CT molecular complexity index is 232. The predicted molar refractivity (Wildman–Crippen MR) is 43.8 cm³/mol. The van der Waals surface area contributed by atoms with E-state index in [9.17, 15) is 0 Å². The number of hydrogen-bond donors (Lipinski definition) is 0. The lowest BCUT2D eigenvalue weighted by molar-refractivity contribution is 1.12. The fraction of sp³-hybridized carbons (Fsp3) is 0.375. The molecule has 0 amide bonds. The summed E-state index contributed by atoms with van der Waals surface area (Å²) in [6.07, 6.45) is 0. The summed E-state index contributed by atoms with van der Waals surface area (Å²) < 4.78 is 0. The van der Waals surface area contributed by atoms with Gasteiger partial charge in [0.05, 0.1) is 10.2 Å². The second-order valence-electron chi connectivity index (χ2n) is 2.54. The summed E-state index contributed by atoms with van der Waals surface area (Å²) in [4.78, 5) is 4.29. The molecular weight excluding hydrogens is 138 g/mol. The lowest BCUT2D eigenvalue weighted by Gasteiger charge is -2.03. The summed E-state index contributed by atoms with van der Waals surface area (Å²) in [5.41, 5.74) is 3.40. The molecule has 51 valence electrons. The van der Waals surface area contributed by atoms with Gasteiger partial charge in [0.2, 0.25) is 0 Å². The van der Waals surface area contributed by atoms with Crippen molar-refractivity contribution in [1.82, 2.24) is 4.98 Å². The fourth-order valence-corrected chi connectivity index (χ4v) is 1.15. The molecule has 1 rings (SSSR count). The highest BCUT2D eigenvalue weighted by molar-refractivity contribution is 6.34. The second-order valence-corrected chi connectivity index (χ2v) is 3.04. The van der Waals surface area contributed by atoms with Gasteiger partial charge in [-0.05, 0) is 37.6 Å². The standard InChI is InChI=1S/C8H10NSi/c1-5-4-6(2)9-7(3)8(5)10/h4H,1-3H3. The van der Waals surface area contributed by atoms with E-state index in [2.05, 4.69) is 28.2 Å². The SMILES string of the molecule is Cc1cc(C)c([Si])c(C)n1. The highest BCUT2D eigenvalue weighted by atomic mass is 28.1. The van der Waals surface area contributed by atoms with E-state index in [0.29, 0.717) is 0 Å². The van der Waals surface area contributed by atoms with Crippen LogP contribution in [0.3, 0.4) is 0 Å². The van der Waals surface area contributed by atoms with Gasteiger partial charge in [-0.25, -0.2) is 0 Å². The van der Waals surface area contributed by atoms with Crippen molar-refractivity contribution in [3.8, 4) is 0 Å². The molecule has 0 aliphatic carbocycles. The molecular formula is C8H10NSi. The summed E-state index contributed by atoms with van der Waals surface area (Å²) >= 11 is 0. The number of nitrogens with zero attached hydrogens (tertiary/aromatic N) is 1. The first-order valence-electron chi connectivity index (χ1n) is 3.27. The smallest absolute Gasteiger partial charge is 0.0741 e. The molecule has 1 nitrogen and oxygen atoms in total. The summed E-state index contributed by atoms with van der Waals surface area (Å²) in [6.45, 7) is 6.08. The van der Waals surface area contributed by atoms with Crippen LogP contribution in [-0.4, -0.2) is 15.2 Å². The molecule has 10 heavy (non-hydrogen) atoms. The van der Waals surface area contributed by atoms with Crippen molar-refractivity contribution in [1.29, 1.82) is 0 Å². The van der Waals surface area contributed by atoms with E-state index in [4.69, 9.17) is 0 Å². The minimum Gasteiger partial charge on any atom is -0.259 e. The van der Waals surface area contributed by atoms with Crippen molar-refractivity contribution in [2.45, 2.75) is 20.8 Å². The number of aryl methyl sites for hydroxylation is 3. The second kappa shape index (κ2) is 2.54. The van der Waals surface area contributed by atoms with Crippen LogP contribution in [-0.2, 0) is 0 Å². The third-order valence-corrected chi connectivity index (χ3v) is 2.28. The van der Waals surface area contributed by atoms with Crippen molar-refractivity contribution < 1.29 is 0 Å². The lowest BCUT2D eigenvalue weighted by Crippen LogP contribution is -2.14. The Morgan fingerprint density at radius 3 is 2.40 bits per heavy atom. The molecule has 0 aromatic carbocycles. The van der Waals surface area contributed by atoms with Gasteiger partial charge in [-0.3, -0.25) is 4.98 Å². The Labute approximate surface area is 64.9 Å². The van der Waals surface area contributed by atoms with Crippen molar-refractivity contribution in [2.24, 2.45) is 0 Å². The van der Waals surface area contributed by atoms with E-state index in [-0.39, 0.29) is 0 Å². The number of hydrogen-bond acceptors (Lipinski definition) is 1. The summed E-state index contributed by atoms with van der Waals surface area (Å²) in [5.74, 6) is 0. The molecule has 0 saturated heterocycles. The van der Waals surface area contributed by atoms with E-state index in [0.717, 1.165) is 16.6 Å². The van der Waals surface area contributed by atoms with Crippen molar-refractivity contribution in [3.05, 3.63) is 23.0 Å². The largest absolute Gasteiger partial charge is 0.259 e. The molecule has 3 radical (unpaired) electrons. The molecule has 1 heterocycles. The Morgan fingerprint density at radius 2 is 1.90 bits per heavy atom. The van der Waals surface area contributed by atoms with Gasteiger partial charge in [-0.1, -0.05) is 0 Å². The van der Waals surface area contributed by atoms with Crippen LogP contribution in [0.15, 0.2) is 6.07 Å². The quantitative estimate of drug-likeness (QED) is 0.496. The van der Waals surface area contributed by atoms with Crippen LogP contribution in [0, 0.1) is 20.8 Å². The first-order valence-corrected chi connectivity index (χ1v) is 3.77. The van der Waals surface area contributed by atoms with Gasteiger partial charge in [-0.2, -0.15) is 0 Å². The lowest BCUT2D eigenvalue weighted by atomic mass is 10.2. The van der Waals surface area contributed by atoms with Gasteiger partial charge in [0.25, 0.3) is 0 Å². The third kappa shape index (κ3) is 1.26. The molecule has 0 saturated carbocycles. The molecule has 0 aliphatic rings. The maximum absolute atomic E-state index is 4.29. The molecule has 0 fully saturated rings. The average molecular weight is 148 g/mol. The van der Waals surface area contributed by atoms with Crippen LogP contribution in [0.4, 0.5) is 0 Å². The first kappa shape index (κ1) is 7.47. The minimum absolute atomic E-state index is 1.06. The number of rotatable bonds is 0. The van der Waals surface area contributed by atoms with E-state index >= 15 is 0 Å². The molecule has 0 bridgehead atoms. The number of pyridine rings is 1. The van der Waals surface area contributed by atoms with E-state index in [1.54, 1.807) is 0 Å². The Hall–Kier alpha value is -0.633. The normalized spacial score (nSPS) is 10.0. The molecule has 2 heteroatoms.